The first kappa shape index (κ1) is 22.3. The van der Waals surface area contributed by atoms with E-state index in [0.717, 1.165) is 16.9 Å². The van der Waals surface area contributed by atoms with Gasteiger partial charge in [0.2, 0.25) is 5.91 Å². The van der Waals surface area contributed by atoms with Crippen LogP contribution in [-0.4, -0.2) is 29.8 Å². The van der Waals surface area contributed by atoms with Gasteiger partial charge in [0, 0.05) is 23.5 Å². The van der Waals surface area contributed by atoms with Crippen molar-refractivity contribution in [1.29, 1.82) is 0 Å². The maximum Gasteiger partial charge on any atom is 0.254 e. The van der Waals surface area contributed by atoms with Crippen molar-refractivity contribution in [2.45, 2.75) is 39.2 Å². The van der Waals surface area contributed by atoms with Gasteiger partial charge in [-0.1, -0.05) is 67.9 Å². The van der Waals surface area contributed by atoms with Gasteiger partial charge < -0.3 is 10.2 Å². The molecule has 0 fully saturated rings. The molecule has 0 aliphatic carbocycles. The van der Waals surface area contributed by atoms with Gasteiger partial charge in [0.1, 0.15) is 0 Å². The van der Waals surface area contributed by atoms with Crippen LogP contribution in [0.1, 0.15) is 57.7 Å². The molecule has 1 aliphatic heterocycles. The average molecular weight is 447 g/mol. The minimum Gasteiger partial charge on any atom is -0.355 e. The lowest BCUT2D eigenvalue weighted by molar-refractivity contribution is -0.124. The number of carbonyl (C=O) groups excluding carboxylic acids is 2. The topological polar surface area (TPSA) is 49.4 Å². The van der Waals surface area contributed by atoms with Gasteiger partial charge in [0.25, 0.3) is 5.91 Å². The van der Waals surface area contributed by atoms with E-state index in [1.54, 1.807) is 11.3 Å². The van der Waals surface area contributed by atoms with E-state index in [4.69, 9.17) is 0 Å². The summed E-state index contributed by atoms with van der Waals surface area (Å²) in [6.07, 6.45) is 0.776. The number of hydrogen-bond donors (Lipinski definition) is 1. The second-order valence-corrected chi connectivity index (χ2v) is 9.88. The SMILES string of the molecule is Cc1ccc(CCNC(=O)C2c3ccccc3C(=O)N(CC(C)C)C2c2cccs2)cc1. The van der Waals surface area contributed by atoms with Crippen LogP contribution in [0.15, 0.2) is 66.0 Å². The molecule has 1 aromatic heterocycles. The smallest absolute Gasteiger partial charge is 0.254 e. The highest BCUT2D eigenvalue weighted by atomic mass is 32.1. The average Bonchev–Trinajstić information content (AvgIpc) is 3.31. The fourth-order valence-corrected chi connectivity index (χ4v) is 5.31. The molecule has 4 nitrogen and oxygen atoms in total. The number of rotatable bonds is 7. The van der Waals surface area contributed by atoms with Crippen molar-refractivity contribution in [3.63, 3.8) is 0 Å². The van der Waals surface area contributed by atoms with Crippen LogP contribution in [0.4, 0.5) is 0 Å². The number of aryl methyl sites for hydroxylation is 1. The lowest BCUT2D eigenvalue weighted by atomic mass is 9.81. The van der Waals surface area contributed by atoms with Gasteiger partial charge in [-0.3, -0.25) is 9.59 Å². The molecule has 0 bridgehead atoms. The first-order valence-corrected chi connectivity index (χ1v) is 12.1. The first-order chi connectivity index (χ1) is 15.5. The molecule has 166 valence electrons. The van der Waals surface area contributed by atoms with Crippen LogP contribution in [0, 0.1) is 12.8 Å². The van der Waals surface area contributed by atoms with Gasteiger partial charge in [0.05, 0.1) is 12.0 Å². The van der Waals surface area contributed by atoms with Crippen LogP contribution in [0.3, 0.4) is 0 Å². The van der Waals surface area contributed by atoms with E-state index in [0.29, 0.717) is 24.6 Å². The number of carbonyl (C=O) groups is 2. The molecular formula is C27H30N2O2S. The monoisotopic (exact) mass is 446 g/mol. The maximum atomic E-state index is 13.6. The number of amides is 2. The van der Waals surface area contributed by atoms with E-state index in [1.165, 1.54) is 11.1 Å². The van der Waals surface area contributed by atoms with Gasteiger partial charge in [0.15, 0.2) is 0 Å². The standard InChI is InChI=1S/C27H30N2O2S/c1-18(2)17-29-25(23-9-6-16-32-23)24(21-7-4-5-8-22(21)27(29)31)26(30)28-15-14-20-12-10-19(3)11-13-20/h4-13,16,18,24-25H,14-15,17H2,1-3H3,(H,28,30). The summed E-state index contributed by atoms with van der Waals surface area (Å²) in [6, 6.07) is 19.7. The fourth-order valence-electron chi connectivity index (χ4n) is 4.44. The number of benzene rings is 2. The van der Waals surface area contributed by atoms with Crippen LogP contribution in [0.5, 0.6) is 0 Å². The Morgan fingerprint density at radius 1 is 1.06 bits per heavy atom. The summed E-state index contributed by atoms with van der Waals surface area (Å²) in [6.45, 7) is 7.46. The molecular weight excluding hydrogens is 416 g/mol. The minimum atomic E-state index is -0.431. The molecule has 32 heavy (non-hydrogen) atoms. The molecule has 2 amide bonds. The quantitative estimate of drug-likeness (QED) is 0.532. The van der Waals surface area contributed by atoms with Crippen LogP contribution >= 0.6 is 11.3 Å². The summed E-state index contributed by atoms with van der Waals surface area (Å²) >= 11 is 1.61. The molecule has 0 saturated heterocycles. The van der Waals surface area contributed by atoms with Crippen molar-refractivity contribution < 1.29 is 9.59 Å². The zero-order valence-electron chi connectivity index (χ0n) is 18.9. The van der Waals surface area contributed by atoms with Gasteiger partial charge in [-0.2, -0.15) is 0 Å². The minimum absolute atomic E-state index is 0.0106. The lowest BCUT2D eigenvalue weighted by Crippen LogP contribution is -2.48. The van der Waals surface area contributed by atoms with Crippen LogP contribution in [0.25, 0.3) is 0 Å². The zero-order valence-corrected chi connectivity index (χ0v) is 19.7. The molecule has 1 aliphatic rings. The van der Waals surface area contributed by atoms with Crippen LogP contribution in [0.2, 0.25) is 0 Å². The van der Waals surface area contributed by atoms with Crippen molar-refractivity contribution in [2.24, 2.45) is 5.92 Å². The maximum absolute atomic E-state index is 13.6. The summed E-state index contributed by atoms with van der Waals surface area (Å²) in [5, 5.41) is 5.18. The molecule has 1 N–H and O–H groups in total. The third-order valence-electron chi connectivity index (χ3n) is 5.95. The highest BCUT2D eigenvalue weighted by Crippen LogP contribution is 2.44. The first-order valence-electron chi connectivity index (χ1n) is 11.2. The lowest BCUT2D eigenvalue weighted by Gasteiger charge is -2.42. The summed E-state index contributed by atoms with van der Waals surface area (Å²) in [5.41, 5.74) is 3.89. The predicted molar refractivity (Wildman–Crippen MR) is 130 cm³/mol. The van der Waals surface area contributed by atoms with E-state index >= 15 is 0 Å². The fraction of sp³-hybridized carbons (Fsp3) is 0.333. The van der Waals surface area contributed by atoms with Crippen molar-refractivity contribution in [1.82, 2.24) is 10.2 Å². The molecule has 2 heterocycles. The Kier molecular flexibility index (Phi) is 6.75. The van der Waals surface area contributed by atoms with Crippen molar-refractivity contribution in [3.8, 4) is 0 Å². The largest absolute Gasteiger partial charge is 0.355 e. The van der Waals surface area contributed by atoms with Crippen molar-refractivity contribution in [3.05, 3.63) is 93.2 Å². The summed E-state index contributed by atoms with van der Waals surface area (Å²) in [5.74, 6) is -0.142. The Balaban J connectivity index is 1.64. The summed E-state index contributed by atoms with van der Waals surface area (Å²) < 4.78 is 0. The Morgan fingerprint density at radius 3 is 2.50 bits per heavy atom. The molecule has 5 heteroatoms. The molecule has 2 unspecified atom stereocenters. The zero-order chi connectivity index (χ0) is 22.7. The number of thiophene rings is 1. The van der Waals surface area contributed by atoms with Crippen molar-refractivity contribution in [2.75, 3.05) is 13.1 Å². The summed E-state index contributed by atoms with van der Waals surface area (Å²) in [7, 11) is 0. The highest BCUT2D eigenvalue weighted by Gasteiger charge is 2.44. The molecule has 2 aromatic carbocycles. The summed E-state index contributed by atoms with van der Waals surface area (Å²) in [4.78, 5) is 30.0. The van der Waals surface area contributed by atoms with Crippen LogP contribution < -0.4 is 5.32 Å². The third-order valence-corrected chi connectivity index (χ3v) is 6.89. The van der Waals surface area contributed by atoms with E-state index in [1.807, 2.05) is 46.7 Å². The van der Waals surface area contributed by atoms with Gasteiger partial charge in [-0.25, -0.2) is 0 Å². The van der Waals surface area contributed by atoms with Gasteiger partial charge >= 0.3 is 0 Å². The Labute approximate surface area is 194 Å². The normalized spacial score (nSPS) is 18.0. The number of nitrogens with one attached hydrogen (secondary N) is 1. The van der Waals surface area contributed by atoms with E-state index < -0.39 is 5.92 Å². The second-order valence-electron chi connectivity index (χ2n) is 8.90. The van der Waals surface area contributed by atoms with E-state index in [9.17, 15) is 9.59 Å². The molecule has 4 rings (SSSR count). The molecule has 0 saturated carbocycles. The van der Waals surface area contributed by atoms with E-state index in [2.05, 4.69) is 50.4 Å². The van der Waals surface area contributed by atoms with Crippen LogP contribution in [-0.2, 0) is 11.2 Å². The molecule has 3 aromatic rings. The molecule has 0 radical (unpaired) electrons. The Hall–Kier alpha value is -2.92. The van der Waals surface area contributed by atoms with E-state index in [-0.39, 0.29) is 17.9 Å². The predicted octanol–water partition coefficient (Wildman–Crippen LogP) is 5.35. The van der Waals surface area contributed by atoms with Gasteiger partial charge in [-0.05, 0) is 47.9 Å². The third kappa shape index (κ3) is 4.63. The highest BCUT2D eigenvalue weighted by molar-refractivity contribution is 7.10. The number of nitrogens with zero attached hydrogens (tertiary/aromatic N) is 1. The second kappa shape index (κ2) is 9.70. The van der Waals surface area contributed by atoms with Crippen molar-refractivity contribution >= 4 is 23.2 Å². The molecule has 2 atom stereocenters. The number of fused-ring (bicyclic) bond motifs is 1. The Morgan fingerprint density at radius 2 is 1.81 bits per heavy atom. The number of hydrogen-bond acceptors (Lipinski definition) is 3. The Bertz CT molecular complexity index is 1070. The van der Waals surface area contributed by atoms with Gasteiger partial charge in [-0.15, -0.1) is 11.3 Å². The molecule has 0 spiro atoms.